The van der Waals surface area contributed by atoms with E-state index in [1.807, 2.05) is 17.6 Å². The Morgan fingerprint density at radius 2 is 1.97 bits per heavy atom. The number of aromatic nitrogens is 3. The van der Waals surface area contributed by atoms with Gasteiger partial charge in [-0.25, -0.2) is 9.18 Å². The van der Waals surface area contributed by atoms with Gasteiger partial charge in [-0.1, -0.05) is 30.8 Å². The van der Waals surface area contributed by atoms with Gasteiger partial charge in [-0.05, 0) is 37.1 Å². The number of thioether (sulfide) groups is 1. The van der Waals surface area contributed by atoms with Crippen molar-refractivity contribution in [2.24, 2.45) is 0 Å². The predicted octanol–water partition coefficient (Wildman–Crippen LogP) is 5.64. The van der Waals surface area contributed by atoms with E-state index in [1.54, 1.807) is 23.8 Å². The number of hydrogen-bond acceptors (Lipinski definition) is 8. The first-order chi connectivity index (χ1) is 16.9. The Morgan fingerprint density at radius 3 is 2.63 bits per heavy atom. The van der Waals surface area contributed by atoms with Gasteiger partial charge in [0.25, 0.3) is 0 Å². The number of ether oxygens (including phenoxy) is 1. The number of esters is 1. The minimum Gasteiger partial charge on any atom is -0.469 e. The molecule has 4 aromatic rings. The Labute approximate surface area is 209 Å². The van der Waals surface area contributed by atoms with E-state index in [0.29, 0.717) is 33.7 Å². The Hall–Kier alpha value is -3.44. The summed E-state index contributed by atoms with van der Waals surface area (Å²) >= 11 is 2.46. The molecule has 35 heavy (non-hydrogen) atoms. The van der Waals surface area contributed by atoms with Crippen LogP contribution in [0.15, 0.2) is 51.5 Å². The van der Waals surface area contributed by atoms with Gasteiger partial charge in [-0.2, -0.15) is 0 Å². The summed E-state index contributed by atoms with van der Waals surface area (Å²) < 4.78 is 25.6. The number of nitrogens with zero attached hydrogens (tertiary/aromatic N) is 3. The first kappa shape index (κ1) is 24.7. The molecule has 0 atom stereocenters. The van der Waals surface area contributed by atoms with Crippen molar-refractivity contribution in [2.75, 3.05) is 18.2 Å². The second-order valence-electron chi connectivity index (χ2n) is 7.54. The first-order valence-corrected chi connectivity index (χ1v) is 12.7. The van der Waals surface area contributed by atoms with Crippen molar-refractivity contribution >= 4 is 40.0 Å². The third kappa shape index (κ3) is 5.30. The smallest absolute Gasteiger partial charge is 0.341 e. The molecule has 11 heteroatoms. The molecule has 0 bridgehead atoms. The number of nitrogens with one attached hydrogen (secondary N) is 1. The fraction of sp³-hybridized carbons (Fsp3) is 0.250. The number of hydrogen-bond donors (Lipinski definition) is 1. The number of anilines is 1. The van der Waals surface area contributed by atoms with Crippen LogP contribution in [0.1, 0.15) is 29.5 Å². The number of rotatable bonds is 9. The maximum atomic E-state index is 13.3. The van der Waals surface area contributed by atoms with Gasteiger partial charge >= 0.3 is 5.97 Å². The maximum Gasteiger partial charge on any atom is 0.341 e. The van der Waals surface area contributed by atoms with E-state index in [0.717, 1.165) is 17.7 Å². The summed E-state index contributed by atoms with van der Waals surface area (Å²) in [7, 11) is 1.27. The highest BCUT2D eigenvalue weighted by Gasteiger charge is 2.23. The molecule has 1 N–H and O–H groups in total. The van der Waals surface area contributed by atoms with Crippen molar-refractivity contribution in [1.82, 2.24) is 14.8 Å². The van der Waals surface area contributed by atoms with Crippen molar-refractivity contribution in [2.45, 2.75) is 32.0 Å². The zero-order valence-corrected chi connectivity index (χ0v) is 21.0. The van der Waals surface area contributed by atoms with Gasteiger partial charge in [-0.15, -0.1) is 21.5 Å². The van der Waals surface area contributed by atoms with Crippen molar-refractivity contribution in [3.8, 4) is 22.5 Å². The second-order valence-corrected chi connectivity index (χ2v) is 9.36. The number of methoxy groups -OCH3 is 1. The quantitative estimate of drug-likeness (QED) is 0.228. The summed E-state index contributed by atoms with van der Waals surface area (Å²) in [4.78, 5) is 25.3. The Bertz CT molecular complexity index is 1340. The summed E-state index contributed by atoms with van der Waals surface area (Å²) in [5.74, 6) is 0.230. The van der Waals surface area contributed by atoms with Crippen molar-refractivity contribution < 1.29 is 23.1 Å². The van der Waals surface area contributed by atoms with Crippen LogP contribution in [0.25, 0.3) is 22.5 Å². The van der Waals surface area contributed by atoms with Crippen LogP contribution in [-0.4, -0.2) is 39.5 Å². The van der Waals surface area contributed by atoms with E-state index in [1.165, 1.54) is 42.3 Å². The number of benzene rings is 1. The molecular weight excluding hydrogens is 491 g/mol. The van der Waals surface area contributed by atoms with Crippen LogP contribution >= 0.6 is 23.1 Å². The largest absolute Gasteiger partial charge is 0.469 e. The van der Waals surface area contributed by atoms with Gasteiger partial charge in [0, 0.05) is 17.5 Å². The summed E-state index contributed by atoms with van der Waals surface area (Å²) in [6, 6.07) is 7.62. The van der Waals surface area contributed by atoms with Crippen LogP contribution in [0.4, 0.5) is 9.39 Å². The SMILES string of the molecule is CCCn1c(SCC(=O)Nc2scc(-c3ccc(F)cc3)c2C(=O)OC)nnc1-c1ccoc1C. The highest BCUT2D eigenvalue weighted by atomic mass is 32.2. The topological polar surface area (TPSA) is 99.2 Å². The lowest BCUT2D eigenvalue weighted by atomic mass is 10.0. The van der Waals surface area contributed by atoms with Crippen LogP contribution in [0.3, 0.4) is 0 Å². The minimum absolute atomic E-state index is 0.0661. The lowest BCUT2D eigenvalue weighted by Crippen LogP contribution is -2.16. The summed E-state index contributed by atoms with van der Waals surface area (Å²) in [5.41, 5.74) is 2.30. The van der Waals surface area contributed by atoms with Crippen LogP contribution in [0.5, 0.6) is 0 Å². The van der Waals surface area contributed by atoms with E-state index in [4.69, 9.17) is 9.15 Å². The highest BCUT2D eigenvalue weighted by Crippen LogP contribution is 2.36. The van der Waals surface area contributed by atoms with Gasteiger partial charge < -0.3 is 19.0 Å². The lowest BCUT2D eigenvalue weighted by Gasteiger charge is -2.09. The molecule has 4 rings (SSSR count). The molecule has 182 valence electrons. The van der Waals surface area contributed by atoms with Crippen molar-refractivity contribution in [1.29, 1.82) is 0 Å². The van der Waals surface area contributed by atoms with E-state index >= 15 is 0 Å². The molecule has 0 saturated carbocycles. The molecule has 1 amide bonds. The number of halogens is 1. The third-order valence-corrected chi connectivity index (χ3v) is 7.05. The maximum absolute atomic E-state index is 13.3. The number of aryl methyl sites for hydroxylation is 1. The van der Waals surface area contributed by atoms with Crippen LogP contribution in [-0.2, 0) is 16.1 Å². The molecule has 3 aromatic heterocycles. The minimum atomic E-state index is -0.587. The average molecular weight is 515 g/mol. The summed E-state index contributed by atoms with van der Waals surface area (Å²) in [6.07, 6.45) is 2.47. The van der Waals surface area contributed by atoms with E-state index in [9.17, 15) is 14.0 Å². The molecular formula is C24H23FN4O4S2. The fourth-order valence-electron chi connectivity index (χ4n) is 3.53. The van der Waals surface area contributed by atoms with E-state index in [2.05, 4.69) is 22.4 Å². The molecule has 1 aromatic carbocycles. The molecule has 0 fully saturated rings. The molecule has 0 aliphatic carbocycles. The van der Waals surface area contributed by atoms with Gasteiger partial charge in [-0.3, -0.25) is 4.79 Å². The van der Waals surface area contributed by atoms with Crippen LogP contribution in [0, 0.1) is 12.7 Å². The number of carbonyl (C=O) groups excluding carboxylic acids is 2. The van der Waals surface area contributed by atoms with Crippen molar-refractivity contribution in [3.63, 3.8) is 0 Å². The molecule has 0 spiro atoms. The van der Waals surface area contributed by atoms with E-state index in [-0.39, 0.29) is 23.0 Å². The van der Waals surface area contributed by atoms with E-state index < -0.39 is 5.97 Å². The molecule has 0 radical (unpaired) electrons. The molecule has 0 aliphatic rings. The molecule has 0 unspecified atom stereocenters. The van der Waals surface area contributed by atoms with Gasteiger partial charge in [0.05, 0.1) is 24.7 Å². The molecule has 0 saturated heterocycles. The Morgan fingerprint density at radius 1 is 1.20 bits per heavy atom. The number of furan rings is 1. The zero-order valence-electron chi connectivity index (χ0n) is 19.3. The number of amides is 1. The first-order valence-electron chi connectivity index (χ1n) is 10.8. The summed E-state index contributed by atoms with van der Waals surface area (Å²) in [6.45, 7) is 4.60. The molecule has 3 heterocycles. The Balaban J connectivity index is 1.52. The van der Waals surface area contributed by atoms with Gasteiger partial charge in [0.15, 0.2) is 11.0 Å². The standard InChI is InChI=1S/C24H23FN4O4S2/c1-4-10-29-21(17-9-11-33-14(17)2)27-28-24(29)35-13-19(30)26-22-20(23(31)32-3)18(12-34-22)15-5-7-16(25)8-6-15/h5-9,11-12H,4,10,13H2,1-3H3,(H,26,30). The lowest BCUT2D eigenvalue weighted by molar-refractivity contribution is -0.113. The fourth-order valence-corrected chi connectivity index (χ4v) is 5.26. The molecule has 8 nitrogen and oxygen atoms in total. The molecule has 0 aliphatic heterocycles. The normalized spacial score (nSPS) is 11.0. The second kappa shape index (κ2) is 10.9. The zero-order chi connectivity index (χ0) is 24.9. The third-order valence-electron chi connectivity index (χ3n) is 5.18. The van der Waals surface area contributed by atoms with Gasteiger partial charge in [0.2, 0.25) is 5.91 Å². The van der Waals surface area contributed by atoms with Crippen LogP contribution in [0.2, 0.25) is 0 Å². The van der Waals surface area contributed by atoms with Crippen molar-refractivity contribution in [3.05, 3.63) is 59.1 Å². The summed E-state index contributed by atoms with van der Waals surface area (Å²) in [5, 5.41) is 14.1. The monoisotopic (exact) mass is 514 g/mol. The predicted molar refractivity (Wildman–Crippen MR) is 133 cm³/mol. The van der Waals surface area contributed by atoms with Crippen LogP contribution < -0.4 is 5.32 Å². The number of thiophene rings is 1. The Kier molecular flexibility index (Phi) is 7.67. The average Bonchev–Trinajstić information content (AvgIpc) is 3.56. The highest BCUT2D eigenvalue weighted by molar-refractivity contribution is 7.99. The van der Waals surface area contributed by atoms with Gasteiger partial charge in [0.1, 0.15) is 22.1 Å². The number of carbonyl (C=O) groups is 2.